The summed E-state index contributed by atoms with van der Waals surface area (Å²) in [5.74, 6) is 0.478. The van der Waals surface area contributed by atoms with E-state index in [9.17, 15) is 4.39 Å². The number of benzene rings is 2. The van der Waals surface area contributed by atoms with E-state index >= 15 is 0 Å². The quantitative estimate of drug-likeness (QED) is 0.684. The fourth-order valence-corrected chi connectivity index (χ4v) is 3.51. The molecule has 1 N–H and O–H groups in total. The first kappa shape index (κ1) is 19.8. The zero-order valence-corrected chi connectivity index (χ0v) is 15.9. The molecule has 1 heterocycles. The number of methoxy groups -OCH3 is 1. The molecular weight excluding hydrogens is 343 g/mol. The summed E-state index contributed by atoms with van der Waals surface area (Å²) in [5.41, 5.74) is 1.30. The van der Waals surface area contributed by atoms with Crippen LogP contribution in [0.5, 0.6) is 5.75 Å². The van der Waals surface area contributed by atoms with Gasteiger partial charge in [0.2, 0.25) is 0 Å². The highest BCUT2D eigenvalue weighted by Gasteiger charge is 2.28. The summed E-state index contributed by atoms with van der Waals surface area (Å²) in [6, 6.07) is 17.0. The molecule has 1 saturated heterocycles. The van der Waals surface area contributed by atoms with Crippen LogP contribution in [0.2, 0.25) is 0 Å². The van der Waals surface area contributed by atoms with Crippen LogP contribution in [0.4, 0.5) is 4.39 Å². The molecule has 0 aliphatic carbocycles. The van der Waals surface area contributed by atoms with Gasteiger partial charge in [-0.1, -0.05) is 30.3 Å². The Morgan fingerprint density at radius 2 is 1.89 bits per heavy atom. The van der Waals surface area contributed by atoms with Crippen LogP contribution in [0.1, 0.15) is 18.4 Å². The van der Waals surface area contributed by atoms with E-state index in [1.807, 2.05) is 6.07 Å². The second kappa shape index (κ2) is 10.4. The van der Waals surface area contributed by atoms with E-state index in [-0.39, 0.29) is 11.9 Å². The third kappa shape index (κ3) is 6.31. The van der Waals surface area contributed by atoms with Gasteiger partial charge < -0.3 is 19.7 Å². The molecular formula is C22H29FN2O2. The Balaban J connectivity index is 1.36. The van der Waals surface area contributed by atoms with E-state index in [1.54, 1.807) is 19.2 Å². The van der Waals surface area contributed by atoms with Gasteiger partial charge in [-0.15, -0.1) is 0 Å². The van der Waals surface area contributed by atoms with Crippen LogP contribution in [0.25, 0.3) is 0 Å². The maximum Gasteiger partial charge on any atom is 0.123 e. The van der Waals surface area contributed by atoms with Gasteiger partial charge in [0, 0.05) is 32.8 Å². The van der Waals surface area contributed by atoms with Gasteiger partial charge in [0.05, 0.1) is 12.7 Å². The van der Waals surface area contributed by atoms with Crippen molar-refractivity contribution in [3.63, 3.8) is 0 Å². The molecule has 3 rings (SSSR count). The minimum atomic E-state index is -0.239. The van der Waals surface area contributed by atoms with E-state index < -0.39 is 0 Å². The van der Waals surface area contributed by atoms with Gasteiger partial charge in [-0.2, -0.15) is 0 Å². The van der Waals surface area contributed by atoms with Gasteiger partial charge in [0.1, 0.15) is 11.6 Å². The van der Waals surface area contributed by atoms with Crippen molar-refractivity contribution in [3.05, 3.63) is 66.0 Å². The number of nitrogens with one attached hydrogen (secondary N) is 1. The maximum atomic E-state index is 12.9. The molecule has 0 bridgehead atoms. The van der Waals surface area contributed by atoms with E-state index in [4.69, 9.17) is 9.47 Å². The van der Waals surface area contributed by atoms with Crippen LogP contribution in [0.3, 0.4) is 0 Å². The SMILES string of the molecule is CO[C@H]1CN(CCCOc2ccc(F)cc2)CC[C@H]1NCc1ccccc1. The van der Waals surface area contributed by atoms with Crippen molar-refractivity contribution in [1.82, 2.24) is 10.2 Å². The third-order valence-corrected chi connectivity index (χ3v) is 5.06. The molecule has 1 aliphatic heterocycles. The lowest BCUT2D eigenvalue weighted by molar-refractivity contribution is 0.00422. The standard InChI is InChI=1S/C22H29FN2O2/c1-26-22-17-25(13-5-15-27-20-10-8-19(23)9-11-20)14-12-21(22)24-16-18-6-3-2-4-7-18/h2-4,6-11,21-22,24H,5,12-17H2,1H3/t21-,22+/m1/s1. The van der Waals surface area contributed by atoms with E-state index in [1.165, 1.54) is 17.7 Å². The molecule has 1 aliphatic rings. The van der Waals surface area contributed by atoms with Gasteiger partial charge in [0.25, 0.3) is 0 Å². The molecule has 2 aromatic carbocycles. The summed E-state index contributed by atoms with van der Waals surface area (Å²) in [6.45, 7) is 4.47. The Hall–Kier alpha value is -1.95. The van der Waals surface area contributed by atoms with Crippen molar-refractivity contribution in [2.75, 3.05) is 33.4 Å². The Labute approximate surface area is 161 Å². The molecule has 146 valence electrons. The summed E-state index contributed by atoms with van der Waals surface area (Å²) in [4.78, 5) is 2.43. The average molecular weight is 372 g/mol. The van der Waals surface area contributed by atoms with Crippen LogP contribution < -0.4 is 10.1 Å². The minimum Gasteiger partial charge on any atom is -0.494 e. The summed E-state index contributed by atoms with van der Waals surface area (Å²) >= 11 is 0. The maximum absolute atomic E-state index is 12.9. The minimum absolute atomic E-state index is 0.195. The average Bonchev–Trinajstić information content (AvgIpc) is 2.72. The Kier molecular flexibility index (Phi) is 7.63. The lowest BCUT2D eigenvalue weighted by Crippen LogP contribution is -2.53. The molecule has 1 fully saturated rings. The summed E-state index contributed by atoms with van der Waals surface area (Å²) in [5, 5.41) is 3.65. The smallest absolute Gasteiger partial charge is 0.123 e. The largest absolute Gasteiger partial charge is 0.494 e. The number of hydrogen-bond acceptors (Lipinski definition) is 4. The van der Waals surface area contributed by atoms with Crippen LogP contribution in [0.15, 0.2) is 54.6 Å². The van der Waals surface area contributed by atoms with Crippen molar-refractivity contribution >= 4 is 0 Å². The molecule has 2 atom stereocenters. The number of ether oxygens (including phenoxy) is 2. The second-order valence-electron chi connectivity index (χ2n) is 6.99. The first-order chi connectivity index (χ1) is 13.2. The lowest BCUT2D eigenvalue weighted by Gasteiger charge is -2.38. The summed E-state index contributed by atoms with van der Waals surface area (Å²) < 4.78 is 24.3. The van der Waals surface area contributed by atoms with Crippen molar-refractivity contribution in [3.8, 4) is 5.75 Å². The topological polar surface area (TPSA) is 33.7 Å². The van der Waals surface area contributed by atoms with Gasteiger partial charge >= 0.3 is 0 Å². The Morgan fingerprint density at radius 1 is 1.11 bits per heavy atom. The van der Waals surface area contributed by atoms with E-state index in [0.29, 0.717) is 12.6 Å². The number of halogens is 1. The first-order valence-electron chi connectivity index (χ1n) is 9.65. The number of likely N-dealkylation sites (tertiary alicyclic amines) is 1. The van der Waals surface area contributed by atoms with Crippen molar-refractivity contribution < 1.29 is 13.9 Å². The highest BCUT2D eigenvalue weighted by Crippen LogP contribution is 2.16. The number of piperidine rings is 1. The molecule has 27 heavy (non-hydrogen) atoms. The first-order valence-corrected chi connectivity index (χ1v) is 9.65. The van der Waals surface area contributed by atoms with E-state index in [2.05, 4.69) is 34.5 Å². The predicted octanol–water partition coefficient (Wildman–Crippen LogP) is 3.47. The second-order valence-corrected chi connectivity index (χ2v) is 6.99. The van der Waals surface area contributed by atoms with Gasteiger partial charge in [0.15, 0.2) is 0 Å². The molecule has 0 spiro atoms. The zero-order valence-electron chi connectivity index (χ0n) is 15.9. The van der Waals surface area contributed by atoms with Crippen molar-refractivity contribution in [2.24, 2.45) is 0 Å². The van der Waals surface area contributed by atoms with Crippen LogP contribution in [-0.4, -0.2) is 50.4 Å². The van der Waals surface area contributed by atoms with Crippen LogP contribution in [0, 0.1) is 5.82 Å². The number of nitrogens with zero attached hydrogens (tertiary/aromatic N) is 1. The molecule has 4 nitrogen and oxygen atoms in total. The van der Waals surface area contributed by atoms with Crippen molar-refractivity contribution in [2.45, 2.75) is 31.5 Å². The predicted molar refractivity (Wildman–Crippen MR) is 105 cm³/mol. The fourth-order valence-electron chi connectivity index (χ4n) is 3.51. The Morgan fingerprint density at radius 3 is 2.63 bits per heavy atom. The number of hydrogen-bond donors (Lipinski definition) is 1. The van der Waals surface area contributed by atoms with E-state index in [0.717, 1.165) is 44.8 Å². The highest BCUT2D eigenvalue weighted by atomic mass is 19.1. The highest BCUT2D eigenvalue weighted by molar-refractivity contribution is 5.22. The summed E-state index contributed by atoms with van der Waals surface area (Å²) in [6.07, 6.45) is 2.21. The molecule has 0 saturated carbocycles. The summed E-state index contributed by atoms with van der Waals surface area (Å²) in [7, 11) is 1.79. The zero-order chi connectivity index (χ0) is 18.9. The fraction of sp³-hybridized carbons (Fsp3) is 0.455. The lowest BCUT2D eigenvalue weighted by atomic mass is 10.0. The molecule has 5 heteroatoms. The molecule has 0 amide bonds. The monoisotopic (exact) mass is 372 g/mol. The molecule has 0 aromatic heterocycles. The van der Waals surface area contributed by atoms with Crippen LogP contribution in [-0.2, 0) is 11.3 Å². The van der Waals surface area contributed by atoms with Gasteiger partial charge in [-0.05, 0) is 49.2 Å². The number of rotatable bonds is 9. The third-order valence-electron chi connectivity index (χ3n) is 5.06. The molecule has 2 aromatic rings. The van der Waals surface area contributed by atoms with Gasteiger partial charge in [-0.25, -0.2) is 4.39 Å². The van der Waals surface area contributed by atoms with Crippen molar-refractivity contribution in [1.29, 1.82) is 0 Å². The van der Waals surface area contributed by atoms with Gasteiger partial charge in [-0.3, -0.25) is 0 Å². The molecule has 0 radical (unpaired) electrons. The molecule has 0 unspecified atom stereocenters. The normalized spacial score (nSPS) is 20.5. The van der Waals surface area contributed by atoms with Crippen LogP contribution >= 0.6 is 0 Å². The Bertz CT molecular complexity index is 666.